The number of ether oxygens (including phenoxy) is 2. The third-order valence-corrected chi connectivity index (χ3v) is 1.94. The Hall–Kier alpha value is -1.40. The van der Waals surface area contributed by atoms with Crippen LogP contribution in [0.2, 0.25) is 0 Å². The maximum atomic E-state index is 11.5. The Labute approximate surface area is 88.0 Å². The van der Waals surface area contributed by atoms with Crippen LogP contribution in [-0.4, -0.2) is 49.6 Å². The highest BCUT2D eigenvalue weighted by Crippen LogP contribution is 1.94. The zero-order valence-corrected chi connectivity index (χ0v) is 8.82. The normalized spacial score (nSPS) is 12.4. The molecule has 2 N–H and O–H groups in total. The van der Waals surface area contributed by atoms with E-state index in [1.807, 2.05) is 0 Å². The molecule has 0 spiro atoms. The van der Waals surface area contributed by atoms with E-state index in [0.717, 1.165) is 0 Å². The fraction of sp³-hybridized carbons (Fsp3) is 0.556. The Morgan fingerprint density at radius 2 is 2.47 bits per heavy atom. The number of carbonyl (C=O) groups excluding carboxylic acids is 1. The van der Waals surface area contributed by atoms with E-state index >= 15 is 0 Å². The first kappa shape index (κ1) is 11.7. The molecule has 0 saturated carbocycles. The van der Waals surface area contributed by atoms with Gasteiger partial charge in [-0.3, -0.25) is 9.89 Å². The zero-order valence-electron chi connectivity index (χ0n) is 8.82. The number of rotatable bonds is 6. The lowest BCUT2D eigenvalue weighted by molar-refractivity contribution is 0.0285. The number of nitrogens with zero attached hydrogens (tertiary/aromatic N) is 1. The molecule has 1 unspecified atom stereocenters. The Morgan fingerprint density at radius 1 is 1.67 bits per heavy atom. The molecule has 0 radical (unpaired) electrons. The van der Waals surface area contributed by atoms with Gasteiger partial charge < -0.3 is 14.8 Å². The Kier molecular flexibility index (Phi) is 4.79. The smallest absolute Gasteiger partial charge is 0.254 e. The number of methoxy groups -OCH3 is 2. The van der Waals surface area contributed by atoms with Crippen molar-refractivity contribution >= 4 is 5.91 Å². The molecule has 0 saturated heterocycles. The highest BCUT2D eigenvalue weighted by atomic mass is 16.5. The number of aromatic amines is 1. The summed E-state index contributed by atoms with van der Waals surface area (Å²) >= 11 is 0. The molecule has 1 atom stereocenters. The molecule has 1 rings (SSSR count). The van der Waals surface area contributed by atoms with Crippen molar-refractivity contribution in [2.75, 3.05) is 27.4 Å². The SMILES string of the molecule is COCC(CNC(=O)c1cn[nH]c1)OC. The van der Waals surface area contributed by atoms with Crippen molar-refractivity contribution < 1.29 is 14.3 Å². The molecule has 0 fully saturated rings. The van der Waals surface area contributed by atoms with Gasteiger partial charge in [0.15, 0.2) is 0 Å². The lowest BCUT2D eigenvalue weighted by Gasteiger charge is -2.14. The Morgan fingerprint density at radius 3 is 3.00 bits per heavy atom. The zero-order chi connectivity index (χ0) is 11.1. The summed E-state index contributed by atoms with van der Waals surface area (Å²) in [5.41, 5.74) is 0.502. The van der Waals surface area contributed by atoms with Crippen LogP contribution in [0.25, 0.3) is 0 Å². The van der Waals surface area contributed by atoms with Crippen LogP contribution in [0.4, 0.5) is 0 Å². The van der Waals surface area contributed by atoms with Gasteiger partial charge in [-0.05, 0) is 0 Å². The summed E-state index contributed by atoms with van der Waals surface area (Å²) in [7, 11) is 3.16. The van der Waals surface area contributed by atoms with Crippen LogP contribution >= 0.6 is 0 Å². The molecular weight excluding hydrogens is 198 g/mol. The number of hydrogen-bond acceptors (Lipinski definition) is 4. The van der Waals surface area contributed by atoms with E-state index in [1.165, 1.54) is 12.4 Å². The maximum absolute atomic E-state index is 11.5. The monoisotopic (exact) mass is 213 g/mol. The minimum absolute atomic E-state index is 0.133. The first-order chi connectivity index (χ1) is 7.27. The van der Waals surface area contributed by atoms with Gasteiger partial charge in [-0.25, -0.2) is 0 Å². The molecule has 1 aromatic rings. The molecule has 15 heavy (non-hydrogen) atoms. The van der Waals surface area contributed by atoms with Crippen LogP contribution in [0.1, 0.15) is 10.4 Å². The van der Waals surface area contributed by atoms with Crippen molar-refractivity contribution in [3.63, 3.8) is 0 Å². The van der Waals surface area contributed by atoms with E-state index in [2.05, 4.69) is 15.5 Å². The van der Waals surface area contributed by atoms with Crippen LogP contribution in [0.5, 0.6) is 0 Å². The predicted molar refractivity (Wildman–Crippen MR) is 53.6 cm³/mol. The molecule has 6 heteroatoms. The third-order valence-electron chi connectivity index (χ3n) is 1.94. The predicted octanol–water partition coefficient (Wildman–Crippen LogP) is -0.199. The molecule has 0 aliphatic carbocycles. The van der Waals surface area contributed by atoms with Gasteiger partial charge in [-0.15, -0.1) is 0 Å². The molecule has 84 valence electrons. The first-order valence-corrected chi connectivity index (χ1v) is 4.56. The van der Waals surface area contributed by atoms with E-state index in [0.29, 0.717) is 18.7 Å². The molecule has 1 amide bonds. The molecule has 0 aliphatic rings. The molecule has 0 bridgehead atoms. The topological polar surface area (TPSA) is 76.2 Å². The molecule has 0 aliphatic heterocycles. The van der Waals surface area contributed by atoms with Crippen molar-refractivity contribution in [1.29, 1.82) is 0 Å². The minimum Gasteiger partial charge on any atom is -0.382 e. The molecule has 1 heterocycles. The first-order valence-electron chi connectivity index (χ1n) is 4.56. The Balaban J connectivity index is 2.33. The highest BCUT2D eigenvalue weighted by Gasteiger charge is 2.10. The third kappa shape index (κ3) is 3.69. The number of carbonyl (C=O) groups is 1. The quantitative estimate of drug-likeness (QED) is 0.686. The number of nitrogens with one attached hydrogen (secondary N) is 2. The number of amides is 1. The number of aromatic nitrogens is 2. The average molecular weight is 213 g/mol. The summed E-state index contributed by atoms with van der Waals surface area (Å²) in [6, 6.07) is 0. The van der Waals surface area contributed by atoms with E-state index in [4.69, 9.17) is 9.47 Å². The van der Waals surface area contributed by atoms with Gasteiger partial charge in [0.05, 0.1) is 24.5 Å². The lowest BCUT2D eigenvalue weighted by atomic mass is 10.3. The molecule has 1 aromatic heterocycles. The van der Waals surface area contributed by atoms with Crippen molar-refractivity contribution in [2.45, 2.75) is 6.10 Å². The van der Waals surface area contributed by atoms with Gasteiger partial charge in [-0.2, -0.15) is 5.10 Å². The highest BCUT2D eigenvalue weighted by molar-refractivity contribution is 5.93. The molecular formula is C9H15N3O3. The van der Waals surface area contributed by atoms with Crippen molar-refractivity contribution in [2.24, 2.45) is 0 Å². The van der Waals surface area contributed by atoms with Crippen LogP contribution in [0, 0.1) is 0 Å². The van der Waals surface area contributed by atoms with Crippen molar-refractivity contribution in [1.82, 2.24) is 15.5 Å². The van der Waals surface area contributed by atoms with E-state index < -0.39 is 0 Å². The summed E-state index contributed by atoms with van der Waals surface area (Å²) in [6.07, 6.45) is 2.87. The van der Waals surface area contributed by atoms with Gasteiger partial charge in [0.25, 0.3) is 5.91 Å². The average Bonchev–Trinajstić information content (AvgIpc) is 2.77. The second-order valence-electron chi connectivity index (χ2n) is 3.01. The van der Waals surface area contributed by atoms with Crippen LogP contribution < -0.4 is 5.32 Å². The van der Waals surface area contributed by atoms with Gasteiger partial charge >= 0.3 is 0 Å². The largest absolute Gasteiger partial charge is 0.382 e. The summed E-state index contributed by atoms with van der Waals surface area (Å²) in [5, 5.41) is 8.97. The van der Waals surface area contributed by atoms with Gasteiger partial charge in [0.2, 0.25) is 0 Å². The second-order valence-corrected chi connectivity index (χ2v) is 3.01. The lowest BCUT2D eigenvalue weighted by Crippen LogP contribution is -2.35. The van der Waals surface area contributed by atoms with Gasteiger partial charge in [-0.1, -0.05) is 0 Å². The van der Waals surface area contributed by atoms with Crippen LogP contribution in [0.15, 0.2) is 12.4 Å². The van der Waals surface area contributed by atoms with Crippen LogP contribution in [-0.2, 0) is 9.47 Å². The molecule has 6 nitrogen and oxygen atoms in total. The summed E-state index contributed by atoms with van der Waals surface area (Å²) in [4.78, 5) is 11.5. The maximum Gasteiger partial charge on any atom is 0.254 e. The fourth-order valence-corrected chi connectivity index (χ4v) is 1.08. The molecule has 0 aromatic carbocycles. The fourth-order valence-electron chi connectivity index (χ4n) is 1.08. The summed E-state index contributed by atoms with van der Waals surface area (Å²) in [5.74, 6) is -0.179. The van der Waals surface area contributed by atoms with Crippen molar-refractivity contribution in [3.05, 3.63) is 18.0 Å². The summed E-state index contributed by atoms with van der Waals surface area (Å²) < 4.78 is 10.0. The van der Waals surface area contributed by atoms with E-state index in [-0.39, 0.29) is 12.0 Å². The Bertz CT molecular complexity index is 287. The van der Waals surface area contributed by atoms with Crippen molar-refractivity contribution in [3.8, 4) is 0 Å². The van der Waals surface area contributed by atoms with Gasteiger partial charge in [0, 0.05) is 27.0 Å². The minimum atomic E-state index is -0.179. The van der Waals surface area contributed by atoms with Crippen LogP contribution in [0.3, 0.4) is 0 Å². The van der Waals surface area contributed by atoms with Gasteiger partial charge in [0.1, 0.15) is 0 Å². The summed E-state index contributed by atoms with van der Waals surface area (Å²) in [6.45, 7) is 0.858. The number of hydrogen-bond donors (Lipinski definition) is 2. The second kappa shape index (κ2) is 6.15. The standard InChI is InChI=1S/C9H15N3O3/c1-14-6-8(15-2)5-10-9(13)7-3-11-12-4-7/h3-4,8H,5-6H2,1-2H3,(H,10,13)(H,11,12). The van der Waals surface area contributed by atoms with E-state index in [9.17, 15) is 4.79 Å². The van der Waals surface area contributed by atoms with E-state index in [1.54, 1.807) is 14.2 Å². The number of H-pyrrole nitrogens is 1.